The Hall–Kier alpha value is -3.23. The molecule has 140 valence electrons. The predicted octanol–water partition coefficient (Wildman–Crippen LogP) is 5.75. The largest absolute Gasteiger partial charge is 0.481 e. The van der Waals surface area contributed by atoms with Crippen molar-refractivity contribution >= 4 is 40.4 Å². The van der Waals surface area contributed by atoms with Gasteiger partial charge in [0.25, 0.3) is 0 Å². The molecule has 0 radical (unpaired) electrons. The molecule has 3 rings (SSSR count). The highest BCUT2D eigenvalue weighted by Gasteiger charge is 2.19. The average molecular weight is 388 g/mol. The molecule has 5 heteroatoms. The first-order valence-corrected chi connectivity index (χ1v) is 9.68. The molecule has 2 aromatic carbocycles. The van der Waals surface area contributed by atoms with Gasteiger partial charge in [-0.2, -0.15) is 5.26 Å². The van der Waals surface area contributed by atoms with E-state index in [0.717, 1.165) is 37.2 Å². The van der Waals surface area contributed by atoms with Crippen LogP contribution in [0.1, 0.15) is 45.7 Å². The van der Waals surface area contributed by atoms with Crippen molar-refractivity contribution in [1.82, 2.24) is 0 Å². The lowest BCUT2D eigenvalue weighted by molar-refractivity contribution is -0.137. The van der Waals surface area contributed by atoms with Gasteiger partial charge in [-0.25, -0.2) is 0 Å². The fourth-order valence-corrected chi connectivity index (χ4v) is 4.48. The van der Waals surface area contributed by atoms with Crippen molar-refractivity contribution in [1.29, 1.82) is 5.26 Å². The summed E-state index contributed by atoms with van der Waals surface area (Å²) in [6, 6.07) is 15.9. The molecule has 1 atom stereocenters. The maximum absolute atomic E-state index is 11.1. The highest BCUT2D eigenvalue weighted by molar-refractivity contribution is 7.12. The summed E-state index contributed by atoms with van der Waals surface area (Å²) in [5.41, 5.74) is 3.53. The Morgan fingerprint density at radius 1 is 1.29 bits per heavy atom. The molecule has 1 heterocycles. The minimum absolute atomic E-state index is 0.0643. The number of carboxylic acid groups (broad SMARTS) is 1. The number of aliphatic carboxylic acids is 1. The van der Waals surface area contributed by atoms with Crippen molar-refractivity contribution in [2.24, 2.45) is 4.99 Å². The molecule has 0 amide bonds. The summed E-state index contributed by atoms with van der Waals surface area (Å²) in [5.74, 6) is -0.868. The van der Waals surface area contributed by atoms with Crippen LogP contribution in [0.5, 0.6) is 0 Å². The summed E-state index contributed by atoms with van der Waals surface area (Å²) in [5, 5.41) is 20.4. The number of hydrogen-bond acceptors (Lipinski definition) is 4. The number of carbonyl (C=O) groups is 1. The molecule has 28 heavy (non-hydrogen) atoms. The van der Waals surface area contributed by atoms with Gasteiger partial charge in [0.2, 0.25) is 0 Å². The first-order valence-electron chi connectivity index (χ1n) is 8.87. The minimum atomic E-state index is -0.804. The van der Waals surface area contributed by atoms with E-state index in [-0.39, 0.29) is 12.3 Å². The zero-order valence-corrected chi connectivity index (χ0v) is 16.6. The smallest absolute Gasteiger partial charge is 0.303 e. The van der Waals surface area contributed by atoms with Crippen LogP contribution in [-0.2, 0) is 4.79 Å². The van der Waals surface area contributed by atoms with E-state index in [1.54, 1.807) is 17.5 Å². The van der Waals surface area contributed by atoms with Crippen LogP contribution in [0.25, 0.3) is 16.3 Å². The molecule has 1 N–H and O–H groups in total. The van der Waals surface area contributed by atoms with E-state index in [2.05, 4.69) is 23.8 Å². The van der Waals surface area contributed by atoms with Gasteiger partial charge in [0.1, 0.15) is 0 Å². The molecule has 0 aliphatic carbocycles. The average Bonchev–Trinajstić information content (AvgIpc) is 3.06. The Bertz CT molecular complexity index is 1140. The maximum atomic E-state index is 11.1. The van der Waals surface area contributed by atoms with E-state index in [1.807, 2.05) is 50.2 Å². The molecule has 0 saturated carbocycles. The summed E-state index contributed by atoms with van der Waals surface area (Å²) in [7, 11) is 0. The van der Waals surface area contributed by atoms with Crippen LogP contribution in [-0.4, -0.2) is 17.8 Å². The van der Waals surface area contributed by atoms with Crippen LogP contribution in [0.2, 0.25) is 0 Å². The van der Waals surface area contributed by atoms with E-state index >= 15 is 0 Å². The number of nitrogens with zero attached hydrogens (tertiary/aromatic N) is 2. The first kappa shape index (κ1) is 19.5. The van der Waals surface area contributed by atoms with E-state index in [4.69, 9.17) is 5.11 Å². The maximum Gasteiger partial charge on any atom is 0.303 e. The summed E-state index contributed by atoms with van der Waals surface area (Å²) >= 11 is 1.61. The lowest BCUT2D eigenvalue weighted by Crippen LogP contribution is -2.01. The molecule has 0 saturated heterocycles. The van der Waals surface area contributed by atoms with Crippen molar-refractivity contribution in [2.75, 3.05) is 0 Å². The second-order valence-corrected chi connectivity index (χ2v) is 7.95. The summed E-state index contributed by atoms with van der Waals surface area (Å²) in [6.45, 7) is 7.58. The Balaban J connectivity index is 2.18. The molecule has 1 aromatic heterocycles. The van der Waals surface area contributed by atoms with Gasteiger partial charge in [0.05, 0.1) is 18.1 Å². The van der Waals surface area contributed by atoms with E-state index in [9.17, 15) is 10.1 Å². The standard InChI is InChI=1S/C23H20N2O2S/c1-14(10-23(26)27)22-11-20(15(2)28-22)21(13-25-3)19-9-8-16(12-24)17-6-4-5-7-18(17)19/h4-9,11,13-14H,3,10H2,1-2H3,(H,26,27)/b21-13-/t14-/m1/s1. The van der Waals surface area contributed by atoms with E-state index < -0.39 is 5.97 Å². The topological polar surface area (TPSA) is 73.4 Å². The van der Waals surface area contributed by atoms with Crippen LogP contribution in [0.4, 0.5) is 0 Å². The molecular weight excluding hydrogens is 368 g/mol. The summed E-state index contributed by atoms with van der Waals surface area (Å²) in [6.07, 6.45) is 1.83. The minimum Gasteiger partial charge on any atom is -0.481 e. The number of hydrogen-bond donors (Lipinski definition) is 1. The number of carboxylic acids is 1. The number of aryl methyl sites for hydroxylation is 1. The van der Waals surface area contributed by atoms with Crippen LogP contribution >= 0.6 is 11.3 Å². The van der Waals surface area contributed by atoms with Gasteiger partial charge >= 0.3 is 5.97 Å². The number of rotatable bonds is 6. The third kappa shape index (κ3) is 3.73. The molecule has 3 aromatic rings. The van der Waals surface area contributed by atoms with Crippen molar-refractivity contribution < 1.29 is 9.90 Å². The van der Waals surface area contributed by atoms with E-state index in [1.165, 1.54) is 0 Å². The third-order valence-corrected chi connectivity index (χ3v) is 6.03. The molecule has 0 fully saturated rings. The fourth-order valence-electron chi connectivity index (χ4n) is 3.38. The zero-order chi connectivity index (χ0) is 20.3. The number of nitriles is 1. The Morgan fingerprint density at radius 3 is 2.64 bits per heavy atom. The highest BCUT2D eigenvalue weighted by atomic mass is 32.1. The quantitative estimate of drug-likeness (QED) is 0.546. The van der Waals surface area contributed by atoms with Crippen molar-refractivity contribution in [3.05, 3.63) is 75.1 Å². The van der Waals surface area contributed by atoms with Crippen LogP contribution < -0.4 is 0 Å². The van der Waals surface area contributed by atoms with Crippen LogP contribution in [0.15, 0.2) is 53.7 Å². The molecule has 0 bridgehead atoms. The number of benzene rings is 2. The summed E-state index contributed by atoms with van der Waals surface area (Å²) < 4.78 is 0. The van der Waals surface area contributed by atoms with Gasteiger partial charge in [-0.15, -0.1) is 11.3 Å². The number of fused-ring (bicyclic) bond motifs is 1. The van der Waals surface area contributed by atoms with Crippen LogP contribution in [0, 0.1) is 18.3 Å². The Morgan fingerprint density at radius 2 is 2.00 bits per heavy atom. The summed E-state index contributed by atoms with van der Waals surface area (Å²) in [4.78, 5) is 17.2. The fraction of sp³-hybridized carbons (Fsp3) is 0.174. The molecule has 0 unspecified atom stereocenters. The SMILES string of the molecule is C=N/C=C(\c1cc([C@H](C)CC(=O)O)sc1C)c1ccc(C#N)c2ccccc12. The Labute approximate surface area is 168 Å². The zero-order valence-electron chi connectivity index (χ0n) is 15.8. The van der Waals surface area contributed by atoms with Gasteiger partial charge in [0, 0.05) is 32.8 Å². The van der Waals surface area contributed by atoms with Gasteiger partial charge in [-0.3, -0.25) is 9.79 Å². The van der Waals surface area contributed by atoms with Crippen molar-refractivity contribution in [3.8, 4) is 6.07 Å². The highest BCUT2D eigenvalue weighted by Crippen LogP contribution is 2.38. The second kappa shape index (κ2) is 8.20. The molecule has 0 aliphatic rings. The molecular formula is C23H20N2O2S. The number of aliphatic imine (C=N–C) groups is 1. The van der Waals surface area contributed by atoms with Crippen LogP contribution in [0.3, 0.4) is 0 Å². The van der Waals surface area contributed by atoms with E-state index in [0.29, 0.717) is 5.56 Å². The second-order valence-electron chi connectivity index (χ2n) is 6.66. The monoisotopic (exact) mass is 388 g/mol. The van der Waals surface area contributed by atoms with Crippen molar-refractivity contribution in [3.63, 3.8) is 0 Å². The van der Waals surface area contributed by atoms with Crippen molar-refractivity contribution in [2.45, 2.75) is 26.2 Å². The van der Waals surface area contributed by atoms with Gasteiger partial charge in [-0.05, 0) is 42.3 Å². The van der Waals surface area contributed by atoms with Gasteiger partial charge in [-0.1, -0.05) is 37.3 Å². The Kier molecular flexibility index (Phi) is 5.72. The normalized spacial score (nSPS) is 12.5. The third-order valence-electron chi connectivity index (χ3n) is 4.75. The molecule has 0 spiro atoms. The molecule has 0 aliphatic heterocycles. The lowest BCUT2D eigenvalue weighted by atomic mass is 9.91. The first-order chi connectivity index (χ1) is 13.5. The van der Waals surface area contributed by atoms with Gasteiger partial charge < -0.3 is 5.11 Å². The van der Waals surface area contributed by atoms with Gasteiger partial charge in [0.15, 0.2) is 0 Å². The predicted molar refractivity (Wildman–Crippen MR) is 115 cm³/mol. The number of thiophene rings is 1. The lowest BCUT2D eigenvalue weighted by Gasteiger charge is -2.12. The molecule has 4 nitrogen and oxygen atoms in total.